The van der Waals surface area contributed by atoms with Crippen molar-refractivity contribution in [3.8, 4) is 11.3 Å². The highest BCUT2D eigenvalue weighted by atomic mass is 32.1. The van der Waals surface area contributed by atoms with Gasteiger partial charge in [-0.15, -0.1) is 0 Å². The van der Waals surface area contributed by atoms with Crippen LogP contribution in [-0.2, 0) is 12.8 Å². The Morgan fingerprint density at radius 3 is 2.70 bits per heavy atom. The van der Waals surface area contributed by atoms with Crippen molar-refractivity contribution >= 4 is 28.3 Å². The number of rotatable bonds is 4. The SMILES string of the molecule is Cc1nc(NC(=O)c2cc(-c3ccc4c(c3)CCCC4)on2)sc1C(=O)O. The van der Waals surface area contributed by atoms with Crippen LogP contribution in [-0.4, -0.2) is 27.1 Å². The zero-order valence-electron chi connectivity index (χ0n) is 14.6. The van der Waals surface area contributed by atoms with E-state index >= 15 is 0 Å². The summed E-state index contributed by atoms with van der Waals surface area (Å²) >= 11 is 0.908. The summed E-state index contributed by atoms with van der Waals surface area (Å²) in [5.74, 6) is -1.04. The summed E-state index contributed by atoms with van der Waals surface area (Å²) in [5.41, 5.74) is 4.06. The summed E-state index contributed by atoms with van der Waals surface area (Å²) in [4.78, 5) is 27.6. The monoisotopic (exact) mass is 383 g/mol. The Kier molecular flexibility index (Phi) is 4.49. The minimum Gasteiger partial charge on any atom is -0.477 e. The van der Waals surface area contributed by atoms with Crippen molar-refractivity contribution in [3.63, 3.8) is 0 Å². The molecule has 0 spiro atoms. The van der Waals surface area contributed by atoms with Crippen molar-refractivity contribution in [2.45, 2.75) is 32.6 Å². The van der Waals surface area contributed by atoms with Crippen molar-refractivity contribution in [2.24, 2.45) is 0 Å². The number of thiazole rings is 1. The molecule has 1 amide bonds. The van der Waals surface area contributed by atoms with Crippen LogP contribution in [0.2, 0.25) is 0 Å². The van der Waals surface area contributed by atoms with Crippen LogP contribution in [0.5, 0.6) is 0 Å². The second-order valence-electron chi connectivity index (χ2n) is 6.46. The molecule has 0 atom stereocenters. The number of anilines is 1. The summed E-state index contributed by atoms with van der Waals surface area (Å²) < 4.78 is 5.35. The third-order valence-electron chi connectivity index (χ3n) is 4.59. The van der Waals surface area contributed by atoms with Gasteiger partial charge in [0.1, 0.15) is 4.88 Å². The fourth-order valence-electron chi connectivity index (χ4n) is 3.21. The average molecular weight is 383 g/mol. The Labute approximate surface area is 159 Å². The first-order chi connectivity index (χ1) is 13.0. The normalized spacial score (nSPS) is 13.2. The number of carboxylic acids is 1. The molecule has 1 aliphatic rings. The van der Waals surface area contributed by atoms with Crippen LogP contribution in [0.4, 0.5) is 5.13 Å². The molecule has 0 bridgehead atoms. The molecule has 0 saturated heterocycles. The zero-order valence-corrected chi connectivity index (χ0v) is 15.4. The second kappa shape index (κ2) is 6.96. The molecule has 8 heteroatoms. The number of nitrogens with one attached hydrogen (secondary N) is 1. The number of carbonyl (C=O) groups excluding carboxylic acids is 1. The lowest BCUT2D eigenvalue weighted by Crippen LogP contribution is -2.11. The maximum absolute atomic E-state index is 12.4. The molecule has 27 heavy (non-hydrogen) atoms. The maximum atomic E-state index is 12.4. The average Bonchev–Trinajstić information content (AvgIpc) is 3.28. The minimum atomic E-state index is -1.07. The van der Waals surface area contributed by atoms with Crippen molar-refractivity contribution in [2.75, 3.05) is 5.32 Å². The van der Waals surface area contributed by atoms with Gasteiger partial charge in [0.15, 0.2) is 16.6 Å². The van der Waals surface area contributed by atoms with E-state index < -0.39 is 11.9 Å². The first-order valence-corrected chi connectivity index (χ1v) is 9.44. The van der Waals surface area contributed by atoms with Crippen LogP contribution in [0, 0.1) is 6.92 Å². The lowest BCUT2D eigenvalue weighted by Gasteiger charge is -2.15. The van der Waals surface area contributed by atoms with Gasteiger partial charge in [0.25, 0.3) is 5.91 Å². The van der Waals surface area contributed by atoms with E-state index in [-0.39, 0.29) is 15.7 Å². The molecular weight excluding hydrogens is 366 g/mol. The molecule has 3 aromatic rings. The van der Waals surface area contributed by atoms with Gasteiger partial charge in [-0.25, -0.2) is 9.78 Å². The molecule has 2 heterocycles. The van der Waals surface area contributed by atoms with Crippen LogP contribution >= 0.6 is 11.3 Å². The summed E-state index contributed by atoms with van der Waals surface area (Å²) in [7, 11) is 0. The Balaban J connectivity index is 1.53. The highest BCUT2D eigenvalue weighted by molar-refractivity contribution is 7.17. The molecule has 0 unspecified atom stereocenters. The smallest absolute Gasteiger partial charge is 0.347 e. The van der Waals surface area contributed by atoms with Gasteiger partial charge < -0.3 is 9.63 Å². The zero-order chi connectivity index (χ0) is 19.0. The number of nitrogens with zero attached hydrogens (tertiary/aromatic N) is 2. The Morgan fingerprint density at radius 2 is 1.96 bits per heavy atom. The molecule has 1 aromatic carbocycles. The standard InChI is InChI=1S/C19H17N3O4S/c1-10-16(18(24)25)27-19(20-10)21-17(23)14-9-15(26-22-14)13-7-6-11-4-2-3-5-12(11)8-13/h6-9H,2-5H2,1H3,(H,24,25)(H,20,21,23). The molecule has 0 radical (unpaired) electrons. The Morgan fingerprint density at radius 1 is 1.19 bits per heavy atom. The van der Waals surface area contributed by atoms with E-state index in [1.54, 1.807) is 13.0 Å². The summed E-state index contributed by atoms with van der Waals surface area (Å²) in [6.07, 6.45) is 4.57. The van der Waals surface area contributed by atoms with Crippen LogP contribution in [0.1, 0.15) is 49.8 Å². The number of carboxylic acid groups (broad SMARTS) is 1. The molecule has 7 nitrogen and oxygen atoms in total. The van der Waals surface area contributed by atoms with Crippen molar-refractivity contribution in [1.82, 2.24) is 10.1 Å². The summed E-state index contributed by atoms with van der Waals surface area (Å²) in [6, 6.07) is 7.77. The molecule has 2 N–H and O–H groups in total. The first-order valence-electron chi connectivity index (χ1n) is 8.62. The van der Waals surface area contributed by atoms with Gasteiger partial charge >= 0.3 is 5.97 Å². The number of carbonyl (C=O) groups is 2. The number of hydrogen-bond donors (Lipinski definition) is 2. The van der Waals surface area contributed by atoms with E-state index in [1.165, 1.54) is 24.0 Å². The quantitative estimate of drug-likeness (QED) is 0.707. The van der Waals surface area contributed by atoms with Gasteiger partial charge in [-0.3, -0.25) is 10.1 Å². The predicted octanol–water partition coefficient (Wildman–Crippen LogP) is 3.94. The van der Waals surface area contributed by atoms with Gasteiger partial charge in [0, 0.05) is 11.6 Å². The van der Waals surface area contributed by atoms with Gasteiger partial charge in [0.2, 0.25) is 0 Å². The third kappa shape index (κ3) is 3.48. The molecule has 2 aromatic heterocycles. The number of aromatic carboxylic acids is 1. The Hall–Kier alpha value is -3.00. The van der Waals surface area contributed by atoms with Crippen molar-refractivity contribution in [1.29, 1.82) is 0 Å². The van der Waals surface area contributed by atoms with Gasteiger partial charge in [0.05, 0.1) is 5.69 Å². The number of hydrogen-bond acceptors (Lipinski definition) is 6. The van der Waals surface area contributed by atoms with Crippen molar-refractivity contribution < 1.29 is 19.2 Å². The van der Waals surface area contributed by atoms with Crippen LogP contribution in [0.25, 0.3) is 11.3 Å². The van der Waals surface area contributed by atoms with Gasteiger partial charge in [-0.1, -0.05) is 28.6 Å². The van der Waals surface area contributed by atoms with E-state index in [1.807, 2.05) is 6.07 Å². The minimum absolute atomic E-state index is 0.0974. The maximum Gasteiger partial charge on any atom is 0.347 e. The topological polar surface area (TPSA) is 105 Å². The van der Waals surface area contributed by atoms with E-state index in [9.17, 15) is 9.59 Å². The predicted molar refractivity (Wildman–Crippen MR) is 100 cm³/mol. The number of amides is 1. The fourth-order valence-corrected chi connectivity index (χ4v) is 4.01. The number of fused-ring (bicyclic) bond motifs is 1. The highest BCUT2D eigenvalue weighted by Crippen LogP contribution is 2.28. The van der Waals surface area contributed by atoms with Crippen LogP contribution in [0.3, 0.4) is 0 Å². The lowest BCUT2D eigenvalue weighted by molar-refractivity contribution is 0.0701. The highest BCUT2D eigenvalue weighted by Gasteiger charge is 2.19. The number of benzene rings is 1. The second-order valence-corrected chi connectivity index (χ2v) is 7.46. The molecule has 1 aliphatic carbocycles. The number of aryl methyl sites for hydroxylation is 3. The van der Waals surface area contributed by atoms with Crippen molar-refractivity contribution in [3.05, 3.63) is 51.7 Å². The van der Waals surface area contributed by atoms with Crippen LogP contribution < -0.4 is 5.32 Å². The van der Waals surface area contributed by atoms with Gasteiger partial charge in [-0.2, -0.15) is 0 Å². The van der Waals surface area contributed by atoms with E-state index in [2.05, 4.69) is 27.6 Å². The van der Waals surface area contributed by atoms with Crippen LogP contribution in [0.15, 0.2) is 28.8 Å². The molecule has 0 aliphatic heterocycles. The molecule has 138 valence electrons. The molecule has 4 rings (SSSR count). The van der Waals surface area contributed by atoms with E-state index in [0.717, 1.165) is 29.7 Å². The summed E-state index contributed by atoms with van der Waals surface area (Å²) in [5, 5.41) is 15.7. The fraction of sp³-hybridized carbons (Fsp3) is 0.263. The molecular formula is C19H17N3O4S. The Bertz CT molecular complexity index is 1040. The molecule has 0 saturated carbocycles. The van der Waals surface area contributed by atoms with Gasteiger partial charge in [-0.05, 0) is 49.8 Å². The number of aromatic nitrogens is 2. The summed E-state index contributed by atoms with van der Waals surface area (Å²) in [6.45, 7) is 1.58. The lowest BCUT2D eigenvalue weighted by atomic mass is 9.90. The first kappa shape index (κ1) is 17.4. The van der Waals surface area contributed by atoms with E-state index in [4.69, 9.17) is 9.63 Å². The largest absolute Gasteiger partial charge is 0.477 e. The third-order valence-corrected chi connectivity index (χ3v) is 5.65. The molecule has 0 fully saturated rings. The van der Waals surface area contributed by atoms with E-state index in [0.29, 0.717) is 11.5 Å².